The van der Waals surface area contributed by atoms with Crippen LogP contribution in [0.1, 0.15) is 17.3 Å². The summed E-state index contributed by atoms with van der Waals surface area (Å²) in [6, 6.07) is 1.36. The van der Waals surface area contributed by atoms with Crippen molar-refractivity contribution in [3.05, 3.63) is 23.8 Å². The summed E-state index contributed by atoms with van der Waals surface area (Å²) in [5.74, 6) is -4.34. The van der Waals surface area contributed by atoms with Crippen LogP contribution in [0.4, 0.5) is 0 Å². The maximum atomic E-state index is 12.1. The number of aliphatic hydroxyl groups is 1. The van der Waals surface area contributed by atoms with Crippen molar-refractivity contribution in [1.82, 2.24) is 5.32 Å². The van der Waals surface area contributed by atoms with Gasteiger partial charge >= 0.3 is 5.97 Å². The lowest BCUT2D eigenvalue weighted by atomic mass is 9.99. The zero-order valence-electron chi connectivity index (χ0n) is 10.4. The Labute approximate surface area is 113 Å². The SMILES string of the molecule is CC(=O)NC(C(=O)c1ccc(O)c(O)c1)C(O)C(=O)O. The van der Waals surface area contributed by atoms with Gasteiger partial charge in [-0.1, -0.05) is 0 Å². The largest absolute Gasteiger partial charge is 0.504 e. The van der Waals surface area contributed by atoms with E-state index in [0.717, 1.165) is 25.1 Å². The standard InChI is InChI=1S/C12H13NO7/c1-5(14)13-9(11(18)12(19)20)10(17)6-2-3-7(15)8(16)4-6/h2-4,9,11,15-16,18H,1H3,(H,13,14)(H,19,20). The Morgan fingerprint density at radius 1 is 1.15 bits per heavy atom. The number of ketones is 1. The van der Waals surface area contributed by atoms with E-state index in [-0.39, 0.29) is 5.56 Å². The summed E-state index contributed by atoms with van der Waals surface area (Å²) in [7, 11) is 0. The molecular formula is C12H13NO7. The van der Waals surface area contributed by atoms with Gasteiger partial charge in [0.05, 0.1) is 0 Å². The minimum absolute atomic E-state index is 0.167. The Balaban J connectivity index is 3.12. The first-order valence-electron chi connectivity index (χ1n) is 5.48. The van der Waals surface area contributed by atoms with Crippen LogP contribution in [0.2, 0.25) is 0 Å². The first-order chi connectivity index (χ1) is 9.23. The normalized spacial score (nSPS) is 13.3. The third-order valence-electron chi connectivity index (χ3n) is 2.47. The predicted molar refractivity (Wildman–Crippen MR) is 65.3 cm³/mol. The zero-order chi connectivity index (χ0) is 15.4. The van der Waals surface area contributed by atoms with Crippen LogP contribution in [0.5, 0.6) is 11.5 Å². The van der Waals surface area contributed by atoms with Gasteiger partial charge in [-0.15, -0.1) is 0 Å². The zero-order valence-corrected chi connectivity index (χ0v) is 10.4. The number of hydrogen-bond donors (Lipinski definition) is 5. The maximum Gasteiger partial charge on any atom is 0.335 e. The van der Waals surface area contributed by atoms with Gasteiger partial charge in [0.15, 0.2) is 23.4 Å². The van der Waals surface area contributed by atoms with Crippen LogP contribution in [0.3, 0.4) is 0 Å². The lowest BCUT2D eigenvalue weighted by Gasteiger charge is -2.19. The van der Waals surface area contributed by atoms with Gasteiger partial charge in [-0.25, -0.2) is 4.79 Å². The number of rotatable bonds is 5. The van der Waals surface area contributed by atoms with E-state index in [2.05, 4.69) is 0 Å². The highest BCUT2D eigenvalue weighted by atomic mass is 16.4. The van der Waals surface area contributed by atoms with Gasteiger partial charge in [0.1, 0.15) is 6.04 Å². The van der Waals surface area contributed by atoms with Gasteiger partial charge in [-0.2, -0.15) is 0 Å². The van der Waals surface area contributed by atoms with Crippen LogP contribution in [0.25, 0.3) is 0 Å². The van der Waals surface area contributed by atoms with Crippen molar-refractivity contribution in [3.63, 3.8) is 0 Å². The fourth-order valence-electron chi connectivity index (χ4n) is 1.51. The number of benzene rings is 1. The van der Waals surface area contributed by atoms with Crippen molar-refractivity contribution >= 4 is 17.7 Å². The molecule has 0 aliphatic carbocycles. The average molecular weight is 283 g/mol. The minimum atomic E-state index is -2.14. The van der Waals surface area contributed by atoms with E-state index < -0.39 is 41.3 Å². The molecule has 108 valence electrons. The second kappa shape index (κ2) is 6.02. The molecule has 0 saturated carbocycles. The topological polar surface area (TPSA) is 144 Å². The summed E-state index contributed by atoms with van der Waals surface area (Å²) in [4.78, 5) is 33.8. The molecule has 1 rings (SSSR count). The van der Waals surface area contributed by atoms with Gasteiger partial charge in [-0.05, 0) is 18.2 Å². The monoisotopic (exact) mass is 283 g/mol. The van der Waals surface area contributed by atoms with Crippen LogP contribution in [-0.4, -0.2) is 50.2 Å². The van der Waals surface area contributed by atoms with Gasteiger partial charge < -0.3 is 25.7 Å². The number of nitrogens with one attached hydrogen (secondary N) is 1. The highest BCUT2D eigenvalue weighted by Crippen LogP contribution is 2.25. The second-order valence-electron chi connectivity index (χ2n) is 4.03. The Hall–Kier alpha value is -2.61. The van der Waals surface area contributed by atoms with Gasteiger partial charge in [0.2, 0.25) is 5.91 Å². The number of aromatic hydroxyl groups is 2. The fraction of sp³-hybridized carbons (Fsp3) is 0.250. The van der Waals surface area contributed by atoms with Crippen molar-refractivity contribution in [2.45, 2.75) is 19.1 Å². The first kappa shape index (κ1) is 15.4. The summed E-state index contributed by atoms with van der Waals surface area (Å²) in [5.41, 5.74) is -0.167. The van der Waals surface area contributed by atoms with E-state index >= 15 is 0 Å². The molecule has 0 saturated heterocycles. The second-order valence-corrected chi connectivity index (χ2v) is 4.03. The van der Waals surface area contributed by atoms with E-state index in [1.54, 1.807) is 0 Å². The first-order valence-corrected chi connectivity index (χ1v) is 5.48. The molecule has 1 aromatic carbocycles. The summed E-state index contributed by atoms with van der Waals surface area (Å²) >= 11 is 0. The molecule has 1 amide bonds. The van der Waals surface area contributed by atoms with E-state index in [4.69, 9.17) is 10.2 Å². The number of Topliss-reactive ketones (excluding diaryl/α,β-unsaturated/α-hetero) is 1. The van der Waals surface area contributed by atoms with Gasteiger partial charge in [-0.3, -0.25) is 9.59 Å². The molecule has 2 unspecified atom stereocenters. The molecule has 0 aliphatic rings. The lowest BCUT2D eigenvalue weighted by molar-refractivity contribution is -0.147. The molecule has 0 bridgehead atoms. The summed E-state index contributed by atoms with van der Waals surface area (Å²) in [6.45, 7) is 1.06. The fourth-order valence-corrected chi connectivity index (χ4v) is 1.51. The van der Waals surface area contributed by atoms with E-state index in [9.17, 15) is 24.6 Å². The number of carboxylic acids is 1. The lowest BCUT2D eigenvalue weighted by Crippen LogP contribution is -2.51. The van der Waals surface area contributed by atoms with Crippen molar-refractivity contribution in [2.75, 3.05) is 0 Å². The third-order valence-corrected chi connectivity index (χ3v) is 2.47. The molecule has 0 spiro atoms. The van der Waals surface area contributed by atoms with Crippen molar-refractivity contribution in [3.8, 4) is 11.5 Å². The molecule has 0 heterocycles. The minimum Gasteiger partial charge on any atom is -0.504 e. The number of carbonyl (C=O) groups is 3. The van der Waals surface area contributed by atoms with Crippen LogP contribution < -0.4 is 5.32 Å². The molecular weight excluding hydrogens is 270 g/mol. The molecule has 20 heavy (non-hydrogen) atoms. The summed E-state index contributed by atoms with van der Waals surface area (Å²) < 4.78 is 0. The van der Waals surface area contributed by atoms with Crippen molar-refractivity contribution in [1.29, 1.82) is 0 Å². The van der Waals surface area contributed by atoms with Crippen molar-refractivity contribution < 1.29 is 34.8 Å². The van der Waals surface area contributed by atoms with Gasteiger partial charge in [0.25, 0.3) is 0 Å². The molecule has 2 atom stereocenters. The highest BCUT2D eigenvalue weighted by molar-refractivity contribution is 6.04. The number of hydrogen-bond acceptors (Lipinski definition) is 6. The Kier molecular flexibility index (Phi) is 4.65. The maximum absolute atomic E-state index is 12.1. The van der Waals surface area contributed by atoms with E-state index in [1.807, 2.05) is 5.32 Å². The van der Waals surface area contributed by atoms with Gasteiger partial charge in [0, 0.05) is 12.5 Å². The summed E-state index contributed by atoms with van der Waals surface area (Å²) in [6.07, 6.45) is -2.14. The molecule has 8 heteroatoms. The quantitative estimate of drug-likeness (QED) is 0.352. The number of carboxylic acid groups (broad SMARTS) is 1. The third kappa shape index (κ3) is 3.45. The van der Waals surface area contributed by atoms with E-state index in [0.29, 0.717) is 0 Å². The average Bonchev–Trinajstić information content (AvgIpc) is 2.37. The summed E-state index contributed by atoms with van der Waals surface area (Å²) in [5, 5.41) is 38.6. The molecule has 0 aromatic heterocycles. The van der Waals surface area contributed by atoms with Crippen molar-refractivity contribution in [2.24, 2.45) is 0 Å². The highest BCUT2D eigenvalue weighted by Gasteiger charge is 2.33. The molecule has 8 nitrogen and oxygen atoms in total. The number of phenols is 2. The van der Waals surface area contributed by atoms with Crippen LogP contribution in [-0.2, 0) is 9.59 Å². The predicted octanol–water partition coefficient (Wildman–Crippen LogP) is -0.769. The number of aliphatic hydroxyl groups excluding tert-OH is 1. The van der Waals surface area contributed by atoms with Crippen LogP contribution in [0, 0.1) is 0 Å². The Morgan fingerprint density at radius 3 is 2.20 bits per heavy atom. The van der Waals surface area contributed by atoms with Crippen LogP contribution in [0.15, 0.2) is 18.2 Å². The Morgan fingerprint density at radius 2 is 1.75 bits per heavy atom. The number of amides is 1. The molecule has 0 radical (unpaired) electrons. The molecule has 0 aliphatic heterocycles. The molecule has 5 N–H and O–H groups in total. The van der Waals surface area contributed by atoms with E-state index in [1.165, 1.54) is 0 Å². The Bertz CT molecular complexity index is 555. The number of aliphatic carboxylic acids is 1. The van der Waals surface area contributed by atoms with Crippen LogP contribution >= 0.6 is 0 Å². The smallest absolute Gasteiger partial charge is 0.335 e. The number of carbonyl (C=O) groups excluding carboxylic acids is 2. The number of phenolic OH excluding ortho intramolecular Hbond substituents is 2. The molecule has 1 aromatic rings. The molecule has 0 fully saturated rings.